The minimum absolute atomic E-state index is 0.0253. The third kappa shape index (κ3) is 3.36. The van der Waals surface area contributed by atoms with Gasteiger partial charge in [0.25, 0.3) is 0 Å². The Hall–Kier alpha value is -1.87. The van der Waals surface area contributed by atoms with E-state index in [4.69, 9.17) is 16.3 Å². The second-order valence-electron chi connectivity index (χ2n) is 4.37. The normalized spacial score (nSPS) is 10.3. The van der Waals surface area contributed by atoms with Crippen LogP contribution in [0.2, 0.25) is 5.02 Å². The van der Waals surface area contributed by atoms with Crippen LogP contribution in [0.1, 0.15) is 22.3 Å². The molecule has 0 atom stereocenters. The van der Waals surface area contributed by atoms with Gasteiger partial charge in [0.15, 0.2) is 5.78 Å². The minimum atomic E-state index is -0.572. The summed E-state index contributed by atoms with van der Waals surface area (Å²) < 4.78 is 18.7. The van der Waals surface area contributed by atoms with Crippen LogP contribution in [0.4, 0.5) is 4.39 Å². The predicted octanol–water partition coefficient (Wildman–Crippen LogP) is 4.30. The standard InChI is InChI=1S/C16H14ClFO2/c1-20-12-8-5-11(6-9-12)7-10-15(19)16-13(17)3-2-4-14(16)18/h2-6,8-9H,7,10H2,1H3. The third-order valence-electron chi connectivity index (χ3n) is 3.04. The number of ether oxygens (including phenoxy) is 1. The number of carbonyl (C=O) groups is 1. The maximum Gasteiger partial charge on any atom is 0.167 e. The van der Waals surface area contributed by atoms with Crippen LogP contribution in [0.5, 0.6) is 5.75 Å². The van der Waals surface area contributed by atoms with Crippen molar-refractivity contribution in [1.82, 2.24) is 0 Å². The van der Waals surface area contributed by atoms with E-state index in [9.17, 15) is 9.18 Å². The monoisotopic (exact) mass is 292 g/mol. The number of hydrogen-bond donors (Lipinski definition) is 0. The van der Waals surface area contributed by atoms with E-state index in [1.165, 1.54) is 18.2 Å². The predicted molar refractivity (Wildman–Crippen MR) is 77.1 cm³/mol. The summed E-state index contributed by atoms with van der Waals surface area (Å²) in [6, 6.07) is 11.7. The van der Waals surface area contributed by atoms with Gasteiger partial charge in [0.2, 0.25) is 0 Å². The van der Waals surface area contributed by atoms with Crippen molar-refractivity contribution >= 4 is 17.4 Å². The highest BCUT2D eigenvalue weighted by Gasteiger charge is 2.15. The van der Waals surface area contributed by atoms with Gasteiger partial charge in [-0.1, -0.05) is 29.8 Å². The summed E-state index contributed by atoms with van der Waals surface area (Å²) in [6.45, 7) is 0. The lowest BCUT2D eigenvalue weighted by atomic mass is 10.0. The first-order valence-corrected chi connectivity index (χ1v) is 6.59. The smallest absolute Gasteiger partial charge is 0.167 e. The first kappa shape index (κ1) is 14.5. The molecular weight excluding hydrogens is 279 g/mol. The summed E-state index contributed by atoms with van der Waals surface area (Å²) >= 11 is 5.87. The van der Waals surface area contributed by atoms with E-state index in [0.29, 0.717) is 6.42 Å². The molecule has 0 aliphatic rings. The fourth-order valence-electron chi connectivity index (χ4n) is 1.94. The molecular formula is C16H14ClFO2. The quantitative estimate of drug-likeness (QED) is 0.768. The lowest BCUT2D eigenvalue weighted by molar-refractivity contribution is 0.0979. The molecule has 2 aromatic carbocycles. The van der Waals surface area contributed by atoms with Crippen LogP contribution in [0, 0.1) is 5.82 Å². The van der Waals surface area contributed by atoms with Crippen molar-refractivity contribution in [2.75, 3.05) is 7.11 Å². The SMILES string of the molecule is COc1ccc(CCC(=O)c2c(F)cccc2Cl)cc1. The molecule has 0 aliphatic heterocycles. The first-order chi connectivity index (χ1) is 9.61. The summed E-state index contributed by atoms with van der Waals surface area (Å²) in [5.74, 6) is -0.0987. The van der Waals surface area contributed by atoms with Gasteiger partial charge in [0, 0.05) is 6.42 Å². The Kier molecular flexibility index (Phi) is 4.74. The van der Waals surface area contributed by atoms with Gasteiger partial charge in [0.05, 0.1) is 17.7 Å². The molecule has 0 heterocycles. The number of halogens is 2. The third-order valence-corrected chi connectivity index (χ3v) is 3.36. The average molecular weight is 293 g/mol. The van der Waals surface area contributed by atoms with Crippen molar-refractivity contribution in [3.05, 3.63) is 64.4 Å². The first-order valence-electron chi connectivity index (χ1n) is 6.22. The molecule has 4 heteroatoms. The molecule has 0 bridgehead atoms. The van der Waals surface area contributed by atoms with Crippen molar-refractivity contribution in [2.24, 2.45) is 0 Å². The Morgan fingerprint density at radius 1 is 1.20 bits per heavy atom. The zero-order valence-electron chi connectivity index (χ0n) is 11.0. The van der Waals surface area contributed by atoms with Crippen molar-refractivity contribution in [1.29, 1.82) is 0 Å². The molecule has 0 radical (unpaired) electrons. The molecule has 0 fully saturated rings. The largest absolute Gasteiger partial charge is 0.497 e. The van der Waals surface area contributed by atoms with Crippen LogP contribution in [-0.4, -0.2) is 12.9 Å². The van der Waals surface area contributed by atoms with Crippen LogP contribution < -0.4 is 4.74 Å². The zero-order chi connectivity index (χ0) is 14.5. The average Bonchev–Trinajstić information content (AvgIpc) is 2.45. The van der Waals surface area contributed by atoms with Gasteiger partial charge in [-0.15, -0.1) is 0 Å². The van der Waals surface area contributed by atoms with Crippen LogP contribution in [0.25, 0.3) is 0 Å². The van der Waals surface area contributed by atoms with E-state index in [1.807, 2.05) is 24.3 Å². The molecule has 2 aromatic rings. The maximum absolute atomic E-state index is 13.6. The molecule has 0 aromatic heterocycles. The molecule has 0 spiro atoms. The van der Waals surface area contributed by atoms with Crippen molar-refractivity contribution in [3.8, 4) is 5.75 Å². The Morgan fingerprint density at radius 2 is 1.90 bits per heavy atom. The van der Waals surface area contributed by atoms with E-state index >= 15 is 0 Å². The number of aryl methyl sites for hydroxylation is 1. The van der Waals surface area contributed by atoms with E-state index < -0.39 is 5.82 Å². The molecule has 0 saturated heterocycles. The Labute approximate surface area is 122 Å². The summed E-state index contributed by atoms with van der Waals surface area (Å²) in [5.41, 5.74) is 0.967. The summed E-state index contributed by atoms with van der Waals surface area (Å²) in [5, 5.41) is 0.157. The minimum Gasteiger partial charge on any atom is -0.497 e. The van der Waals surface area contributed by atoms with Gasteiger partial charge in [-0.25, -0.2) is 4.39 Å². The maximum atomic E-state index is 13.6. The number of methoxy groups -OCH3 is 1. The van der Waals surface area contributed by atoms with Crippen LogP contribution >= 0.6 is 11.6 Å². The fraction of sp³-hybridized carbons (Fsp3) is 0.188. The Morgan fingerprint density at radius 3 is 2.50 bits per heavy atom. The highest BCUT2D eigenvalue weighted by Crippen LogP contribution is 2.21. The summed E-state index contributed by atoms with van der Waals surface area (Å²) in [7, 11) is 1.60. The Bertz CT molecular complexity index is 588. The van der Waals surface area contributed by atoms with Gasteiger partial charge < -0.3 is 4.74 Å². The fourth-order valence-corrected chi connectivity index (χ4v) is 2.21. The molecule has 20 heavy (non-hydrogen) atoms. The van der Waals surface area contributed by atoms with E-state index in [-0.39, 0.29) is 22.8 Å². The highest BCUT2D eigenvalue weighted by atomic mass is 35.5. The van der Waals surface area contributed by atoms with Gasteiger partial charge in [-0.3, -0.25) is 4.79 Å². The molecule has 2 nitrogen and oxygen atoms in total. The molecule has 104 valence electrons. The molecule has 2 rings (SSSR count). The van der Waals surface area contributed by atoms with Crippen molar-refractivity contribution < 1.29 is 13.9 Å². The summed E-state index contributed by atoms with van der Waals surface area (Å²) in [6.07, 6.45) is 0.750. The van der Waals surface area contributed by atoms with Gasteiger partial charge in [0.1, 0.15) is 11.6 Å². The summed E-state index contributed by atoms with van der Waals surface area (Å²) in [4.78, 5) is 12.0. The lowest BCUT2D eigenvalue weighted by Gasteiger charge is -2.06. The van der Waals surface area contributed by atoms with Gasteiger partial charge in [-0.05, 0) is 36.2 Å². The van der Waals surface area contributed by atoms with Gasteiger partial charge in [-0.2, -0.15) is 0 Å². The van der Waals surface area contributed by atoms with E-state index in [2.05, 4.69) is 0 Å². The second-order valence-corrected chi connectivity index (χ2v) is 4.78. The number of ketones is 1. The van der Waals surface area contributed by atoms with Crippen LogP contribution in [0.15, 0.2) is 42.5 Å². The molecule has 0 unspecified atom stereocenters. The molecule has 0 aliphatic carbocycles. The highest BCUT2D eigenvalue weighted by molar-refractivity contribution is 6.34. The molecule has 0 amide bonds. The second kappa shape index (κ2) is 6.53. The lowest BCUT2D eigenvalue weighted by Crippen LogP contribution is -2.05. The Balaban J connectivity index is 2.05. The van der Waals surface area contributed by atoms with Gasteiger partial charge >= 0.3 is 0 Å². The zero-order valence-corrected chi connectivity index (χ0v) is 11.8. The topological polar surface area (TPSA) is 26.3 Å². The molecule has 0 saturated carbocycles. The van der Waals surface area contributed by atoms with Crippen LogP contribution in [0.3, 0.4) is 0 Å². The number of carbonyl (C=O) groups excluding carboxylic acids is 1. The van der Waals surface area contributed by atoms with Crippen molar-refractivity contribution in [3.63, 3.8) is 0 Å². The van der Waals surface area contributed by atoms with Crippen LogP contribution in [-0.2, 0) is 6.42 Å². The van der Waals surface area contributed by atoms with Crippen molar-refractivity contribution in [2.45, 2.75) is 12.8 Å². The molecule has 0 N–H and O–H groups in total. The van der Waals surface area contributed by atoms with E-state index in [0.717, 1.165) is 11.3 Å². The van der Waals surface area contributed by atoms with E-state index in [1.54, 1.807) is 7.11 Å². The number of benzene rings is 2. The number of hydrogen-bond acceptors (Lipinski definition) is 2. The number of rotatable bonds is 5. The number of Topliss-reactive ketones (excluding diaryl/α,β-unsaturated/α-hetero) is 1.